The molecule has 3 aromatic heterocycles. The molecule has 1 N–H and O–H groups in total. The summed E-state index contributed by atoms with van der Waals surface area (Å²) in [7, 11) is 0. The van der Waals surface area contributed by atoms with Crippen molar-refractivity contribution < 1.29 is 9.21 Å². The van der Waals surface area contributed by atoms with E-state index in [4.69, 9.17) is 4.42 Å². The molecule has 3 heterocycles. The van der Waals surface area contributed by atoms with Crippen LogP contribution in [-0.4, -0.2) is 26.9 Å². The van der Waals surface area contributed by atoms with E-state index < -0.39 is 11.5 Å². The number of hydrazone groups is 1. The zero-order valence-electron chi connectivity index (χ0n) is 17.3. The average molecular weight is 435 g/mol. The fourth-order valence-electron chi connectivity index (χ4n) is 3.35. The van der Waals surface area contributed by atoms with Gasteiger partial charge in [-0.1, -0.05) is 36.4 Å². The third-order valence-electron chi connectivity index (χ3n) is 4.95. The molecule has 5 aromatic rings. The normalized spacial score (nSPS) is 11.2. The molecule has 8 heteroatoms. The lowest BCUT2D eigenvalue weighted by atomic mass is 10.1. The molecular formula is C25H17N5O3. The number of fused-ring (bicyclic) bond motifs is 1. The van der Waals surface area contributed by atoms with E-state index in [1.807, 2.05) is 42.5 Å². The summed E-state index contributed by atoms with van der Waals surface area (Å²) < 4.78 is 7.14. The van der Waals surface area contributed by atoms with E-state index >= 15 is 0 Å². The van der Waals surface area contributed by atoms with Crippen molar-refractivity contribution in [3.05, 3.63) is 113 Å². The van der Waals surface area contributed by atoms with Crippen LogP contribution in [0.4, 0.5) is 0 Å². The number of carbonyl (C=O) groups excluding carboxylic acids is 1. The molecule has 2 aromatic carbocycles. The minimum atomic E-state index is -0.513. The van der Waals surface area contributed by atoms with Gasteiger partial charge in [0.05, 0.1) is 23.0 Å². The smallest absolute Gasteiger partial charge is 0.345 e. The number of carbonyl (C=O) groups is 1. The molecular weight excluding hydrogens is 418 g/mol. The highest BCUT2D eigenvalue weighted by atomic mass is 16.4. The van der Waals surface area contributed by atoms with Crippen molar-refractivity contribution in [3.63, 3.8) is 0 Å². The van der Waals surface area contributed by atoms with Gasteiger partial charge in [-0.05, 0) is 36.4 Å². The van der Waals surface area contributed by atoms with Crippen LogP contribution in [0.5, 0.6) is 0 Å². The van der Waals surface area contributed by atoms with Gasteiger partial charge in [0.2, 0.25) is 0 Å². The number of hydrogen-bond donors (Lipinski definition) is 1. The molecule has 1 amide bonds. The summed E-state index contributed by atoms with van der Waals surface area (Å²) in [4.78, 5) is 29.0. The Kier molecular flexibility index (Phi) is 5.30. The molecule has 0 aliphatic heterocycles. The second kappa shape index (κ2) is 8.72. The lowest BCUT2D eigenvalue weighted by Gasteiger charge is -2.02. The summed E-state index contributed by atoms with van der Waals surface area (Å²) in [5.41, 5.74) is 4.86. The highest BCUT2D eigenvalue weighted by molar-refractivity contribution is 5.95. The van der Waals surface area contributed by atoms with Crippen LogP contribution >= 0.6 is 0 Å². The number of para-hydroxylation sites is 2. The molecule has 0 atom stereocenters. The standard InChI is InChI=1S/C25H17N5O3/c31-24(18-8-6-12-26-14-18)28-27-15-19-16-30(20-9-2-1-3-10-20)29-23(19)21-13-17-7-4-5-11-22(17)33-25(21)32/h1-16H,(H,28,31)/b27-15+. The Morgan fingerprint density at radius 1 is 1.03 bits per heavy atom. The first-order valence-electron chi connectivity index (χ1n) is 10.1. The highest BCUT2D eigenvalue weighted by Crippen LogP contribution is 2.23. The Hall–Kier alpha value is -4.85. The van der Waals surface area contributed by atoms with Crippen LogP contribution in [0.25, 0.3) is 27.9 Å². The molecule has 160 valence electrons. The molecule has 0 spiro atoms. The first kappa shape index (κ1) is 20.1. The summed E-state index contributed by atoms with van der Waals surface area (Å²) in [5.74, 6) is -0.401. The van der Waals surface area contributed by atoms with E-state index in [9.17, 15) is 9.59 Å². The monoisotopic (exact) mass is 435 g/mol. The Morgan fingerprint density at radius 2 is 1.85 bits per heavy atom. The predicted octanol–water partition coefficient (Wildman–Crippen LogP) is 3.80. The molecule has 8 nitrogen and oxygen atoms in total. The lowest BCUT2D eigenvalue weighted by molar-refractivity contribution is 0.0955. The van der Waals surface area contributed by atoms with E-state index in [2.05, 4.69) is 20.6 Å². The van der Waals surface area contributed by atoms with Crippen molar-refractivity contribution in [2.24, 2.45) is 5.10 Å². The summed E-state index contributed by atoms with van der Waals surface area (Å²) in [6.07, 6.45) is 6.22. The SMILES string of the molecule is O=C(N/N=C/c1cn(-c2ccccc2)nc1-c1cc2ccccc2oc1=O)c1cccnc1. The van der Waals surface area contributed by atoms with Crippen LogP contribution in [0.2, 0.25) is 0 Å². The summed E-state index contributed by atoms with van der Waals surface area (Å²) in [5, 5.41) is 9.45. The van der Waals surface area contributed by atoms with Crippen LogP contribution < -0.4 is 11.1 Å². The summed E-state index contributed by atoms with van der Waals surface area (Å²) in [6.45, 7) is 0. The quantitative estimate of drug-likeness (QED) is 0.257. The maximum Gasteiger partial charge on any atom is 0.345 e. The van der Waals surface area contributed by atoms with Crippen molar-refractivity contribution in [2.45, 2.75) is 0 Å². The van der Waals surface area contributed by atoms with Crippen LogP contribution in [0.15, 0.2) is 106 Å². The Balaban J connectivity index is 1.55. The third kappa shape index (κ3) is 4.17. The predicted molar refractivity (Wildman–Crippen MR) is 124 cm³/mol. The molecule has 0 bridgehead atoms. The molecule has 0 aliphatic carbocycles. The first-order chi connectivity index (χ1) is 16.2. The molecule has 0 saturated heterocycles. The van der Waals surface area contributed by atoms with E-state index in [0.717, 1.165) is 11.1 Å². The summed E-state index contributed by atoms with van der Waals surface area (Å²) in [6, 6.07) is 21.8. The van der Waals surface area contributed by atoms with Gasteiger partial charge in [0, 0.05) is 29.5 Å². The van der Waals surface area contributed by atoms with Crippen LogP contribution in [-0.2, 0) is 0 Å². The highest BCUT2D eigenvalue weighted by Gasteiger charge is 2.16. The minimum Gasteiger partial charge on any atom is -0.422 e. The van der Waals surface area contributed by atoms with E-state index in [1.54, 1.807) is 47.4 Å². The van der Waals surface area contributed by atoms with Crippen molar-refractivity contribution in [3.8, 4) is 16.9 Å². The van der Waals surface area contributed by atoms with E-state index in [-0.39, 0.29) is 0 Å². The number of amides is 1. The molecule has 0 unspecified atom stereocenters. The summed E-state index contributed by atoms with van der Waals surface area (Å²) >= 11 is 0. The van der Waals surface area contributed by atoms with E-state index in [0.29, 0.717) is 28.0 Å². The fourth-order valence-corrected chi connectivity index (χ4v) is 3.35. The molecule has 0 saturated carbocycles. The maximum absolute atomic E-state index is 12.8. The molecule has 0 aliphatic rings. The molecule has 0 fully saturated rings. The van der Waals surface area contributed by atoms with Gasteiger partial charge < -0.3 is 4.42 Å². The van der Waals surface area contributed by atoms with Gasteiger partial charge in [0.1, 0.15) is 11.3 Å². The first-order valence-corrected chi connectivity index (χ1v) is 10.1. The van der Waals surface area contributed by atoms with Crippen LogP contribution in [0, 0.1) is 0 Å². The number of aromatic nitrogens is 3. The number of nitrogens with zero attached hydrogens (tertiary/aromatic N) is 4. The zero-order chi connectivity index (χ0) is 22.6. The van der Waals surface area contributed by atoms with Gasteiger partial charge in [-0.25, -0.2) is 14.9 Å². The van der Waals surface area contributed by atoms with Gasteiger partial charge in [0.25, 0.3) is 5.91 Å². The second-order valence-corrected chi connectivity index (χ2v) is 7.14. The van der Waals surface area contributed by atoms with Gasteiger partial charge in [0.15, 0.2) is 0 Å². The second-order valence-electron chi connectivity index (χ2n) is 7.14. The topological polar surface area (TPSA) is 102 Å². The Labute approximate surface area is 187 Å². The van der Waals surface area contributed by atoms with Crippen molar-refractivity contribution >= 4 is 23.1 Å². The van der Waals surface area contributed by atoms with Gasteiger partial charge >= 0.3 is 5.63 Å². The van der Waals surface area contributed by atoms with Gasteiger partial charge in [-0.15, -0.1) is 0 Å². The number of hydrogen-bond acceptors (Lipinski definition) is 6. The molecule has 33 heavy (non-hydrogen) atoms. The molecule has 5 rings (SSSR count). The zero-order valence-corrected chi connectivity index (χ0v) is 17.3. The molecule has 0 radical (unpaired) electrons. The van der Waals surface area contributed by atoms with Crippen LogP contribution in [0.1, 0.15) is 15.9 Å². The van der Waals surface area contributed by atoms with Gasteiger partial charge in [-0.2, -0.15) is 10.2 Å². The van der Waals surface area contributed by atoms with Crippen molar-refractivity contribution in [2.75, 3.05) is 0 Å². The lowest BCUT2D eigenvalue weighted by Crippen LogP contribution is -2.17. The van der Waals surface area contributed by atoms with Crippen molar-refractivity contribution in [1.82, 2.24) is 20.2 Å². The third-order valence-corrected chi connectivity index (χ3v) is 4.95. The van der Waals surface area contributed by atoms with Crippen LogP contribution in [0.3, 0.4) is 0 Å². The Morgan fingerprint density at radius 3 is 2.67 bits per heavy atom. The van der Waals surface area contributed by atoms with Gasteiger partial charge in [-0.3, -0.25) is 9.78 Å². The number of pyridine rings is 1. The minimum absolute atomic E-state index is 0.295. The average Bonchev–Trinajstić information content (AvgIpc) is 3.28. The number of nitrogens with one attached hydrogen (secondary N) is 1. The largest absolute Gasteiger partial charge is 0.422 e. The van der Waals surface area contributed by atoms with Crippen molar-refractivity contribution in [1.29, 1.82) is 0 Å². The maximum atomic E-state index is 12.8. The van der Waals surface area contributed by atoms with E-state index in [1.165, 1.54) is 12.4 Å². The number of rotatable bonds is 5. The fraction of sp³-hybridized carbons (Fsp3) is 0. The Bertz CT molecular complexity index is 1520. The number of benzene rings is 2.